The number of nitrogen functional groups attached to an aromatic ring is 2. The van der Waals surface area contributed by atoms with Gasteiger partial charge in [0.1, 0.15) is 17.5 Å². The highest BCUT2D eigenvalue weighted by Crippen LogP contribution is 2.29. The summed E-state index contributed by atoms with van der Waals surface area (Å²) in [5.41, 5.74) is 14.5. The summed E-state index contributed by atoms with van der Waals surface area (Å²) >= 11 is 0. The predicted molar refractivity (Wildman–Crippen MR) is 131 cm³/mol. The zero-order chi connectivity index (χ0) is 25.5. The number of rotatable bonds is 12. The number of fused-ring (bicyclic) bond motifs is 1. The third kappa shape index (κ3) is 6.34. The van der Waals surface area contributed by atoms with Crippen molar-refractivity contribution in [3.05, 3.63) is 59.8 Å². The third-order valence-electron chi connectivity index (χ3n) is 5.77. The highest BCUT2D eigenvalue weighted by molar-refractivity contribution is 5.96. The molecule has 0 spiro atoms. The smallest absolute Gasteiger partial charge is 0.326 e. The Morgan fingerprint density at radius 3 is 2.46 bits per heavy atom. The van der Waals surface area contributed by atoms with Crippen molar-refractivity contribution >= 4 is 40.6 Å². The normalized spacial score (nSPS) is 12.7. The maximum absolute atomic E-state index is 12.5. The molecule has 1 amide bonds. The van der Waals surface area contributed by atoms with Crippen molar-refractivity contribution in [2.45, 2.75) is 44.1 Å². The van der Waals surface area contributed by atoms with E-state index in [0.29, 0.717) is 24.3 Å². The molecule has 0 saturated heterocycles. The van der Waals surface area contributed by atoms with Gasteiger partial charge in [0.05, 0.1) is 5.39 Å². The number of H-pyrrole nitrogens is 1. The highest BCUT2D eigenvalue weighted by atomic mass is 16.4. The van der Waals surface area contributed by atoms with Gasteiger partial charge in [-0.3, -0.25) is 9.59 Å². The Morgan fingerprint density at radius 1 is 1.11 bits per heavy atom. The molecule has 0 aliphatic rings. The second-order valence-electron chi connectivity index (χ2n) is 8.18. The van der Waals surface area contributed by atoms with Gasteiger partial charge in [0.15, 0.2) is 0 Å². The topological polar surface area (TPSA) is 197 Å². The number of aromatic amines is 1. The molecular formula is C24H28N6O5. The van der Waals surface area contributed by atoms with Crippen LogP contribution in [0.2, 0.25) is 0 Å². The molecular weight excluding hydrogens is 452 g/mol. The van der Waals surface area contributed by atoms with Gasteiger partial charge in [-0.2, -0.15) is 9.97 Å². The average Bonchev–Trinajstić information content (AvgIpc) is 3.22. The van der Waals surface area contributed by atoms with E-state index in [1.54, 1.807) is 12.1 Å². The predicted octanol–water partition coefficient (Wildman–Crippen LogP) is 2.46. The number of nitrogens with two attached hydrogens (primary N) is 2. The first kappa shape index (κ1) is 25.2. The van der Waals surface area contributed by atoms with Crippen molar-refractivity contribution in [3.63, 3.8) is 0 Å². The van der Waals surface area contributed by atoms with Gasteiger partial charge < -0.3 is 32.0 Å². The summed E-state index contributed by atoms with van der Waals surface area (Å²) in [5, 5.41) is 21.1. The van der Waals surface area contributed by atoms with Crippen LogP contribution in [0.5, 0.6) is 0 Å². The van der Waals surface area contributed by atoms with Gasteiger partial charge >= 0.3 is 11.9 Å². The minimum Gasteiger partial charge on any atom is -0.481 e. The van der Waals surface area contributed by atoms with Gasteiger partial charge in [-0.05, 0) is 54.9 Å². The summed E-state index contributed by atoms with van der Waals surface area (Å²) in [6, 6.07) is 5.61. The molecule has 1 aromatic carbocycles. The number of carboxylic acid groups (broad SMARTS) is 2. The number of amides is 1. The molecule has 3 rings (SSSR count). The molecule has 0 aliphatic heterocycles. The molecule has 8 N–H and O–H groups in total. The van der Waals surface area contributed by atoms with Gasteiger partial charge in [-0.25, -0.2) is 4.79 Å². The minimum atomic E-state index is -1.28. The monoisotopic (exact) mass is 480 g/mol. The average molecular weight is 481 g/mol. The number of carbonyl (C=O) groups is 3. The molecule has 11 nitrogen and oxygen atoms in total. The van der Waals surface area contributed by atoms with E-state index in [-0.39, 0.29) is 30.3 Å². The van der Waals surface area contributed by atoms with Crippen LogP contribution in [-0.2, 0) is 16.0 Å². The maximum atomic E-state index is 12.5. The second-order valence-corrected chi connectivity index (χ2v) is 8.18. The van der Waals surface area contributed by atoms with E-state index >= 15 is 0 Å². The molecule has 3 aromatic rings. The number of nitrogens with zero attached hydrogens (tertiary/aromatic N) is 2. The van der Waals surface area contributed by atoms with E-state index in [1.165, 1.54) is 0 Å². The number of hydrogen-bond donors (Lipinski definition) is 6. The fourth-order valence-corrected chi connectivity index (χ4v) is 3.97. The molecule has 1 unspecified atom stereocenters. The molecule has 184 valence electrons. The molecule has 35 heavy (non-hydrogen) atoms. The first-order chi connectivity index (χ1) is 16.7. The van der Waals surface area contributed by atoms with Crippen molar-refractivity contribution in [3.8, 4) is 0 Å². The fourth-order valence-electron chi connectivity index (χ4n) is 3.97. The Hall–Kier alpha value is -4.41. The van der Waals surface area contributed by atoms with E-state index < -0.39 is 23.9 Å². The van der Waals surface area contributed by atoms with Gasteiger partial charge in [-0.1, -0.05) is 18.2 Å². The molecule has 0 radical (unpaired) electrons. The van der Waals surface area contributed by atoms with Crippen molar-refractivity contribution < 1.29 is 24.6 Å². The lowest BCUT2D eigenvalue weighted by molar-refractivity contribution is -0.140. The number of hydrogen-bond acceptors (Lipinski definition) is 7. The Bertz CT molecular complexity index is 1240. The summed E-state index contributed by atoms with van der Waals surface area (Å²) in [7, 11) is 0. The van der Waals surface area contributed by atoms with E-state index in [2.05, 4.69) is 26.8 Å². The molecule has 2 aromatic heterocycles. The maximum Gasteiger partial charge on any atom is 0.326 e. The van der Waals surface area contributed by atoms with Crippen LogP contribution >= 0.6 is 0 Å². The van der Waals surface area contributed by atoms with Crippen LogP contribution in [0.25, 0.3) is 11.0 Å². The molecule has 2 heterocycles. The zero-order valence-electron chi connectivity index (χ0n) is 19.0. The first-order valence-electron chi connectivity index (χ1n) is 11.0. The van der Waals surface area contributed by atoms with E-state index in [1.807, 2.05) is 24.4 Å². The SMILES string of the molecule is C=CCC(CCc1c[nH]c2nc(N)nc(N)c12)c1ccc(C(=O)N[C@@H](CCC(=O)O)C(=O)O)cc1. The second kappa shape index (κ2) is 11.1. The van der Waals surface area contributed by atoms with E-state index in [0.717, 1.165) is 22.9 Å². The molecule has 2 atom stereocenters. The summed E-state index contributed by atoms with van der Waals surface area (Å²) in [6.45, 7) is 3.85. The Kier molecular flexibility index (Phi) is 8.03. The lowest BCUT2D eigenvalue weighted by Crippen LogP contribution is -2.41. The van der Waals surface area contributed by atoms with E-state index in [9.17, 15) is 19.5 Å². The lowest BCUT2D eigenvalue weighted by Gasteiger charge is -2.17. The van der Waals surface area contributed by atoms with Crippen LogP contribution in [0.4, 0.5) is 11.8 Å². The van der Waals surface area contributed by atoms with Crippen LogP contribution in [0.1, 0.15) is 53.1 Å². The number of carboxylic acids is 2. The van der Waals surface area contributed by atoms with Crippen LogP contribution in [0, 0.1) is 0 Å². The molecule has 0 fully saturated rings. The van der Waals surface area contributed by atoms with Gasteiger partial charge in [-0.15, -0.1) is 6.58 Å². The summed E-state index contributed by atoms with van der Waals surface area (Å²) in [6.07, 6.45) is 5.29. The summed E-state index contributed by atoms with van der Waals surface area (Å²) in [5.74, 6) is -2.45. The molecule has 11 heteroatoms. The number of nitrogens with one attached hydrogen (secondary N) is 2. The zero-order valence-corrected chi connectivity index (χ0v) is 19.0. The number of aryl methyl sites for hydroxylation is 1. The number of anilines is 2. The van der Waals surface area contributed by atoms with Crippen LogP contribution < -0.4 is 16.8 Å². The van der Waals surface area contributed by atoms with Crippen LogP contribution in [-0.4, -0.2) is 49.1 Å². The number of carbonyl (C=O) groups excluding carboxylic acids is 1. The molecule has 0 saturated carbocycles. The highest BCUT2D eigenvalue weighted by Gasteiger charge is 2.22. The fraction of sp³-hybridized carbons (Fsp3) is 0.292. The standard InChI is InChI=1S/C24H28N6O5/c1-2-3-13(6-9-16-12-27-21-19(16)20(25)29-24(26)30-21)14-4-7-15(8-5-14)22(33)28-17(23(34)35)10-11-18(31)32/h2,4-5,7-8,12-13,17H,1,3,6,9-11H2,(H,28,33)(H,31,32)(H,34,35)(H5,25,26,27,29,30)/t13?,17-/m0/s1. The van der Waals surface area contributed by atoms with Gasteiger partial charge in [0.25, 0.3) is 5.91 Å². The largest absolute Gasteiger partial charge is 0.481 e. The number of aliphatic carboxylic acids is 2. The number of aromatic nitrogens is 3. The minimum absolute atomic E-state index is 0.105. The van der Waals surface area contributed by atoms with Gasteiger partial charge in [0.2, 0.25) is 5.95 Å². The molecule has 0 aliphatic carbocycles. The Balaban J connectivity index is 1.69. The van der Waals surface area contributed by atoms with Crippen LogP contribution in [0.3, 0.4) is 0 Å². The molecule has 0 bridgehead atoms. The lowest BCUT2D eigenvalue weighted by atomic mass is 9.89. The number of allylic oxidation sites excluding steroid dienone is 1. The third-order valence-corrected chi connectivity index (χ3v) is 5.77. The first-order valence-corrected chi connectivity index (χ1v) is 11.0. The van der Waals surface area contributed by atoms with Gasteiger partial charge in [0, 0.05) is 18.2 Å². The van der Waals surface area contributed by atoms with Crippen molar-refractivity contribution in [1.82, 2.24) is 20.3 Å². The van der Waals surface area contributed by atoms with Crippen molar-refractivity contribution in [1.29, 1.82) is 0 Å². The Morgan fingerprint density at radius 2 is 1.83 bits per heavy atom. The van der Waals surface area contributed by atoms with Crippen LogP contribution in [0.15, 0.2) is 43.1 Å². The van der Waals surface area contributed by atoms with Crippen molar-refractivity contribution in [2.75, 3.05) is 11.5 Å². The Labute approximate surface area is 201 Å². The summed E-state index contributed by atoms with van der Waals surface area (Å²) < 4.78 is 0. The van der Waals surface area contributed by atoms with E-state index in [4.69, 9.17) is 16.6 Å². The van der Waals surface area contributed by atoms with Crippen molar-refractivity contribution in [2.24, 2.45) is 0 Å². The quantitative estimate of drug-likeness (QED) is 0.211. The number of benzene rings is 1. The summed E-state index contributed by atoms with van der Waals surface area (Å²) in [4.78, 5) is 45.8.